The average Bonchev–Trinajstić information content (AvgIpc) is 2.85. The first-order chi connectivity index (χ1) is 10.1. The van der Waals surface area contributed by atoms with Crippen LogP contribution >= 0.6 is 12.6 Å². The maximum absolute atomic E-state index is 13.5. The standard InChI is InChI=1S/C17H16FNOS/c1-19-15-9-13(12-5-4-11(18)8-14(12)15)10-3-6-16(20-2)17(21)7-10/h3-9,15,19,21H,1-2H3. The highest BCUT2D eigenvalue weighted by Gasteiger charge is 2.23. The zero-order valence-electron chi connectivity index (χ0n) is 11.9. The number of fused-ring (bicyclic) bond motifs is 1. The Labute approximate surface area is 129 Å². The third-order valence-corrected chi connectivity index (χ3v) is 4.12. The van der Waals surface area contributed by atoms with Gasteiger partial charge in [0.25, 0.3) is 0 Å². The number of ether oxygens (including phenoxy) is 1. The van der Waals surface area contributed by atoms with E-state index in [1.165, 1.54) is 6.07 Å². The van der Waals surface area contributed by atoms with Crippen molar-refractivity contribution in [1.29, 1.82) is 0 Å². The van der Waals surface area contributed by atoms with E-state index in [0.29, 0.717) is 0 Å². The largest absolute Gasteiger partial charge is 0.496 e. The van der Waals surface area contributed by atoms with Gasteiger partial charge in [0.15, 0.2) is 0 Å². The van der Waals surface area contributed by atoms with E-state index in [1.807, 2.05) is 31.3 Å². The number of nitrogens with one attached hydrogen (secondary N) is 1. The van der Waals surface area contributed by atoms with E-state index in [9.17, 15) is 4.39 Å². The second-order valence-electron chi connectivity index (χ2n) is 4.96. The number of hydrogen-bond acceptors (Lipinski definition) is 3. The molecule has 0 aliphatic heterocycles. The van der Waals surface area contributed by atoms with Crippen molar-refractivity contribution in [2.75, 3.05) is 14.2 Å². The second-order valence-corrected chi connectivity index (χ2v) is 5.45. The lowest BCUT2D eigenvalue weighted by Crippen LogP contribution is -2.12. The Kier molecular flexibility index (Phi) is 3.74. The van der Waals surface area contributed by atoms with Gasteiger partial charge < -0.3 is 10.1 Å². The zero-order valence-corrected chi connectivity index (χ0v) is 12.7. The van der Waals surface area contributed by atoms with Crippen molar-refractivity contribution in [3.63, 3.8) is 0 Å². The van der Waals surface area contributed by atoms with Gasteiger partial charge in [-0.1, -0.05) is 18.2 Å². The van der Waals surface area contributed by atoms with Crippen LogP contribution in [0.4, 0.5) is 4.39 Å². The van der Waals surface area contributed by atoms with Crippen molar-refractivity contribution in [3.05, 3.63) is 65.0 Å². The van der Waals surface area contributed by atoms with E-state index in [1.54, 1.807) is 13.2 Å². The molecule has 1 atom stereocenters. The molecule has 1 aliphatic carbocycles. The second kappa shape index (κ2) is 5.54. The summed E-state index contributed by atoms with van der Waals surface area (Å²) in [6, 6.07) is 10.8. The van der Waals surface area contributed by atoms with E-state index in [-0.39, 0.29) is 11.9 Å². The molecule has 1 N–H and O–H groups in total. The molecule has 1 aliphatic rings. The predicted molar refractivity (Wildman–Crippen MR) is 85.5 cm³/mol. The Balaban J connectivity index is 2.10. The fourth-order valence-electron chi connectivity index (χ4n) is 2.73. The molecule has 0 amide bonds. The quantitative estimate of drug-likeness (QED) is 0.841. The van der Waals surface area contributed by atoms with Gasteiger partial charge in [-0.25, -0.2) is 4.39 Å². The lowest BCUT2D eigenvalue weighted by molar-refractivity contribution is 0.405. The molecule has 0 spiro atoms. The topological polar surface area (TPSA) is 21.3 Å². The Bertz CT molecular complexity index is 727. The molecule has 0 saturated heterocycles. The zero-order chi connectivity index (χ0) is 15.0. The minimum Gasteiger partial charge on any atom is -0.496 e. The van der Waals surface area contributed by atoms with Gasteiger partial charge in [0.1, 0.15) is 11.6 Å². The summed E-state index contributed by atoms with van der Waals surface area (Å²) < 4.78 is 18.7. The molecule has 108 valence electrons. The van der Waals surface area contributed by atoms with Gasteiger partial charge in [-0.05, 0) is 53.6 Å². The highest BCUT2D eigenvalue weighted by molar-refractivity contribution is 7.80. The highest BCUT2D eigenvalue weighted by atomic mass is 32.1. The van der Waals surface area contributed by atoms with Crippen LogP contribution in [0.1, 0.15) is 22.7 Å². The molecule has 0 bridgehead atoms. The molecule has 21 heavy (non-hydrogen) atoms. The summed E-state index contributed by atoms with van der Waals surface area (Å²) in [5.74, 6) is 0.526. The van der Waals surface area contributed by atoms with Crippen molar-refractivity contribution in [2.45, 2.75) is 10.9 Å². The molecule has 0 fully saturated rings. The van der Waals surface area contributed by atoms with E-state index in [4.69, 9.17) is 4.74 Å². The fourth-order valence-corrected chi connectivity index (χ4v) is 3.04. The normalized spacial score (nSPS) is 16.6. The highest BCUT2D eigenvalue weighted by Crippen LogP contribution is 2.39. The molecule has 1 unspecified atom stereocenters. The predicted octanol–water partition coefficient (Wildman–Crippen LogP) is 3.83. The molecule has 3 rings (SSSR count). The first kappa shape index (κ1) is 14.2. The monoisotopic (exact) mass is 301 g/mol. The van der Waals surface area contributed by atoms with Crippen LogP contribution in [-0.2, 0) is 0 Å². The van der Waals surface area contributed by atoms with Crippen LogP contribution in [0.3, 0.4) is 0 Å². The van der Waals surface area contributed by atoms with Gasteiger partial charge in [0, 0.05) is 4.90 Å². The first-order valence-corrected chi connectivity index (χ1v) is 7.15. The van der Waals surface area contributed by atoms with Gasteiger partial charge >= 0.3 is 0 Å². The molecule has 2 aromatic rings. The number of halogens is 1. The van der Waals surface area contributed by atoms with Crippen molar-refractivity contribution in [1.82, 2.24) is 5.32 Å². The van der Waals surface area contributed by atoms with Gasteiger partial charge in [-0.3, -0.25) is 0 Å². The van der Waals surface area contributed by atoms with Gasteiger partial charge in [0.05, 0.1) is 13.2 Å². The van der Waals surface area contributed by atoms with Crippen LogP contribution in [0.15, 0.2) is 47.4 Å². The van der Waals surface area contributed by atoms with E-state index < -0.39 is 0 Å². The minimum atomic E-state index is -0.215. The summed E-state index contributed by atoms with van der Waals surface area (Å²) in [6.07, 6.45) is 2.11. The summed E-state index contributed by atoms with van der Waals surface area (Å²) in [6.45, 7) is 0. The molecular weight excluding hydrogens is 285 g/mol. The van der Waals surface area contributed by atoms with E-state index in [0.717, 1.165) is 32.9 Å². The molecule has 0 heterocycles. The third kappa shape index (κ3) is 2.45. The first-order valence-electron chi connectivity index (χ1n) is 6.70. The van der Waals surface area contributed by atoms with Crippen molar-refractivity contribution < 1.29 is 9.13 Å². The van der Waals surface area contributed by atoms with Crippen LogP contribution in [0.2, 0.25) is 0 Å². The lowest BCUT2D eigenvalue weighted by atomic mass is 9.99. The number of benzene rings is 2. The summed E-state index contributed by atoms with van der Waals surface area (Å²) in [4.78, 5) is 0.785. The molecule has 4 heteroatoms. The summed E-state index contributed by atoms with van der Waals surface area (Å²) in [5, 5.41) is 3.20. The number of hydrogen-bond donors (Lipinski definition) is 2. The Morgan fingerprint density at radius 3 is 2.67 bits per heavy atom. The van der Waals surface area contributed by atoms with E-state index in [2.05, 4.69) is 24.0 Å². The maximum Gasteiger partial charge on any atom is 0.132 e. The van der Waals surface area contributed by atoms with Crippen molar-refractivity contribution in [2.24, 2.45) is 0 Å². The third-order valence-electron chi connectivity index (χ3n) is 3.77. The van der Waals surface area contributed by atoms with Crippen LogP contribution < -0.4 is 10.1 Å². The van der Waals surface area contributed by atoms with Gasteiger partial charge in [0.2, 0.25) is 0 Å². The van der Waals surface area contributed by atoms with Crippen LogP contribution in [0.25, 0.3) is 5.57 Å². The summed E-state index contributed by atoms with van der Waals surface area (Å²) >= 11 is 4.44. The summed E-state index contributed by atoms with van der Waals surface area (Å²) in [5.41, 5.74) is 4.14. The van der Waals surface area contributed by atoms with Crippen LogP contribution in [0.5, 0.6) is 5.75 Å². The lowest BCUT2D eigenvalue weighted by Gasteiger charge is -2.10. The Morgan fingerprint density at radius 1 is 1.19 bits per heavy atom. The molecular formula is C17H16FNOS. The SMILES string of the molecule is CNC1C=C(c2ccc(OC)c(S)c2)c2ccc(F)cc21. The van der Waals surface area contributed by atoms with E-state index >= 15 is 0 Å². The number of thiol groups is 1. The number of likely N-dealkylation sites (N-methyl/N-ethyl adjacent to an activating group) is 1. The molecule has 0 radical (unpaired) electrons. The Hall–Kier alpha value is -1.78. The smallest absolute Gasteiger partial charge is 0.132 e. The number of rotatable bonds is 3. The van der Waals surface area contributed by atoms with Gasteiger partial charge in [-0.15, -0.1) is 12.6 Å². The maximum atomic E-state index is 13.5. The van der Waals surface area contributed by atoms with Crippen molar-refractivity contribution >= 4 is 18.2 Å². The van der Waals surface area contributed by atoms with Gasteiger partial charge in [-0.2, -0.15) is 0 Å². The Morgan fingerprint density at radius 2 is 2.00 bits per heavy atom. The minimum absolute atomic E-state index is 0.0242. The molecule has 0 aromatic heterocycles. The fraction of sp³-hybridized carbons (Fsp3) is 0.176. The summed E-state index contributed by atoms with van der Waals surface area (Å²) in [7, 11) is 3.50. The number of methoxy groups -OCH3 is 1. The van der Waals surface area contributed by atoms with Crippen LogP contribution in [0, 0.1) is 5.82 Å². The van der Waals surface area contributed by atoms with Crippen LogP contribution in [-0.4, -0.2) is 14.2 Å². The van der Waals surface area contributed by atoms with Crippen molar-refractivity contribution in [3.8, 4) is 5.75 Å². The molecule has 0 saturated carbocycles. The molecule has 2 aromatic carbocycles. The average molecular weight is 301 g/mol. The molecule has 2 nitrogen and oxygen atoms in total.